The highest BCUT2D eigenvalue weighted by atomic mass is 35.5. The first-order chi connectivity index (χ1) is 18.5. The van der Waals surface area contributed by atoms with Crippen molar-refractivity contribution in [2.24, 2.45) is 0 Å². The fourth-order valence-electron chi connectivity index (χ4n) is 5.91. The molecule has 3 heterocycles. The molecule has 5 nitrogen and oxygen atoms in total. The van der Waals surface area contributed by atoms with Crippen molar-refractivity contribution in [3.8, 4) is 11.4 Å². The Bertz CT molecular complexity index is 1430. The van der Waals surface area contributed by atoms with E-state index < -0.39 is 0 Å². The zero-order chi connectivity index (χ0) is 26.2. The highest BCUT2D eigenvalue weighted by molar-refractivity contribution is 7.80. The molecule has 1 saturated carbocycles. The Labute approximate surface area is 234 Å². The number of halogens is 1. The van der Waals surface area contributed by atoms with E-state index in [4.69, 9.17) is 33.5 Å². The van der Waals surface area contributed by atoms with Crippen LogP contribution in [0, 0.1) is 13.8 Å². The van der Waals surface area contributed by atoms with E-state index in [9.17, 15) is 0 Å². The number of benzene rings is 2. The van der Waals surface area contributed by atoms with Crippen molar-refractivity contribution in [1.29, 1.82) is 0 Å². The summed E-state index contributed by atoms with van der Waals surface area (Å²) in [5, 5.41) is 4.99. The van der Waals surface area contributed by atoms with Crippen LogP contribution < -0.4 is 15.0 Å². The predicted octanol–water partition coefficient (Wildman–Crippen LogP) is 7.64. The Morgan fingerprint density at radius 2 is 1.66 bits per heavy atom. The Morgan fingerprint density at radius 1 is 0.947 bits per heavy atom. The Hall–Kier alpha value is -3.35. The molecule has 2 fully saturated rings. The first-order valence-corrected chi connectivity index (χ1v) is 14.0. The number of hydrogen-bond donors (Lipinski definition) is 1. The fraction of sp³-hybridized carbons (Fsp3) is 0.290. The molecule has 194 valence electrons. The number of hydrogen-bond acceptors (Lipinski definition) is 3. The van der Waals surface area contributed by atoms with Gasteiger partial charge in [-0.2, -0.15) is 0 Å². The molecule has 1 saturated heterocycles. The maximum atomic E-state index is 6.23. The molecule has 4 aromatic rings. The number of anilines is 1. The zero-order valence-corrected chi connectivity index (χ0v) is 23.2. The third-order valence-corrected chi connectivity index (χ3v) is 8.26. The molecule has 2 aliphatic rings. The van der Waals surface area contributed by atoms with Crippen LogP contribution in [0.1, 0.15) is 60.4 Å². The van der Waals surface area contributed by atoms with Crippen molar-refractivity contribution in [3.05, 3.63) is 107 Å². The normalized spacial score (nSPS) is 19.7. The minimum atomic E-state index is -0.0997. The third kappa shape index (κ3) is 4.67. The summed E-state index contributed by atoms with van der Waals surface area (Å²) in [6.45, 7) is 4.31. The SMILES string of the molecule is Cc1cc([C@H]2[C@@H](c3ccccn3)NC(=S)N2c2ccc(OC3CCCC3)cc2)c(C)n1-c1ccc(Cl)cc1. The highest BCUT2D eigenvalue weighted by Crippen LogP contribution is 2.44. The lowest BCUT2D eigenvalue weighted by atomic mass is 9.96. The van der Waals surface area contributed by atoms with Crippen LogP contribution in [0.5, 0.6) is 5.75 Å². The topological polar surface area (TPSA) is 42.3 Å². The van der Waals surface area contributed by atoms with Crippen LogP contribution in [0.2, 0.25) is 5.02 Å². The summed E-state index contributed by atoms with van der Waals surface area (Å²) in [6.07, 6.45) is 6.95. The van der Waals surface area contributed by atoms with Crippen molar-refractivity contribution >= 4 is 34.6 Å². The van der Waals surface area contributed by atoms with E-state index in [-0.39, 0.29) is 12.1 Å². The van der Waals surface area contributed by atoms with Gasteiger partial charge in [0, 0.05) is 34.0 Å². The third-order valence-electron chi connectivity index (χ3n) is 7.69. The van der Waals surface area contributed by atoms with Crippen molar-refractivity contribution in [2.45, 2.75) is 57.7 Å². The van der Waals surface area contributed by atoms with E-state index in [1.807, 2.05) is 30.5 Å². The van der Waals surface area contributed by atoms with Crippen LogP contribution in [0.4, 0.5) is 5.69 Å². The molecule has 0 amide bonds. The van der Waals surface area contributed by atoms with Gasteiger partial charge in [0.1, 0.15) is 5.75 Å². The zero-order valence-electron chi connectivity index (χ0n) is 21.6. The molecule has 0 spiro atoms. The molecular weight excluding hydrogens is 512 g/mol. The van der Waals surface area contributed by atoms with Crippen LogP contribution in [0.3, 0.4) is 0 Å². The molecule has 1 aliphatic heterocycles. The smallest absolute Gasteiger partial charge is 0.174 e. The second-order valence-electron chi connectivity index (χ2n) is 10.2. The van der Waals surface area contributed by atoms with Gasteiger partial charge in [-0.25, -0.2) is 0 Å². The van der Waals surface area contributed by atoms with Gasteiger partial charge in [0.05, 0.1) is 23.9 Å². The average molecular weight is 543 g/mol. The molecular formula is C31H31ClN4OS. The van der Waals surface area contributed by atoms with Crippen molar-refractivity contribution < 1.29 is 4.74 Å². The van der Waals surface area contributed by atoms with Crippen molar-refractivity contribution in [2.75, 3.05) is 4.90 Å². The minimum Gasteiger partial charge on any atom is -0.490 e. The number of aromatic nitrogens is 2. The van der Waals surface area contributed by atoms with Crippen LogP contribution in [-0.4, -0.2) is 20.8 Å². The van der Waals surface area contributed by atoms with Crippen LogP contribution in [0.15, 0.2) is 79.0 Å². The van der Waals surface area contributed by atoms with E-state index >= 15 is 0 Å². The summed E-state index contributed by atoms with van der Waals surface area (Å²) in [5.41, 5.74) is 6.58. The molecule has 0 unspecified atom stereocenters. The van der Waals surface area contributed by atoms with Crippen molar-refractivity contribution in [1.82, 2.24) is 14.9 Å². The van der Waals surface area contributed by atoms with Gasteiger partial charge in [0.2, 0.25) is 0 Å². The van der Waals surface area contributed by atoms with Crippen molar-refractivity contribution in [3.63, 3.8) is 0 Å². The van der Waals surface area contributed by atoms with Crippen LogP contribution in [0.25, 0.3) is 5.69 Å². The first kappa shape index (κ1) is 25.0. The summed E-state index contributed by atoms with van der Waals surface area (Å²) in [6, 6.07) is 24.5. The average Bonchev–Trinajstić information content (AvgIpc) is 3.64. The van der Waals surface area contributed by atoms with E-state index in [1.165, 1.54) is 18.4 Å². The predicted molar refractivity (Wildman–Crippen MR) is 158 cm³/mol. The van der Waals surface area contributed by atoms with Gasteiger partial charge in [0.15, 0.2) is 5.11 Å². The Kier molecular flexibility index (Phi) is 6.85. The quantitative estimate of drug-likeness (QED) is 0.253. The lowest BCUT2D eigenvalue weighted by Gasteiger charge is -2.28. The van der Waals surface area contributed by atoms with Crippen LogP contribution in [-0.2, 0) is 0 Å². The molecule has 0 radical (unpaired) electrons. The Balaban J connectivity index is 1.41. The molecule has 6 rings (SSSR count). The summed E-state index contributed by atoms with van der Waals surface area (Å²) in [4.78, 5) is 6.93. The molecule has 2 atom stereocenters. The number of thiocarbonyl (C=S) groups is 1. The number of nitrogens with one attached hydrogen (secondary N) is 1. The minimum absolute atomic E-state index is 0.0775. The summed E-state index contributed by atoms with van der Waals surface area (Å²) in [7, 11) is 0. The van der Waals surface area contributed by atoms with E-state index in [2.05, 4.69) is 77.2 Å². The number of ether oxygens (including phenoxy) is 1. The summed E-state index contributed by atoms with van der Waals surface area (Å²) < 4.78 is 8.50. The number of pyridine rings is 1. The van der Waals surface area contributed by atoms with E-state index in [1.54, 1.807) is 0 Å². The molecule has 1 aliphatic carbocycles. The molecule has 7 heteroatoms. The number of rotatable bonds is 6. The summed E-state index contributed by atoms with van der Waals surface area (Å²) >= 11 is 12.1. The van der Waals surface area contributed by atoms with Gasteiger partial charge in [-0.3, -0.25) is 4.98 Å². The van der Waals surface area contributed by atoms with Gasteiger partial charge in [0.25, 0.3) is 0 Å². The lowest BCUT2D eigenvalue weighted by Crippen LogP contribution is -2.29. The maximum Gasteiger partial charge on any atom is 0.174 e. The molecule has 2 aromatic carbocycles. The number of aryl methyl sites for hydroxylation is 1. The van der Waals surface area contributed by atoms with Gasteiger partial charge < -0.3 is 19.5 Å². The maximum absolute atomic E-state index is 6.23. The molecule has 1 N–H and O–H groups in total. The van der Waals surface area contributed by atoms with Gasteiger partial charge >= 0.3 is 0 Å². The second kappa shape index (κ2) is 10.4. The molecule has 38 heavy (non-hydrogen) atoms. The van der Waals surface area contributed by atoms with Gasteiger partial charge in [-0.1, -0.05) is 17.7 Å². The molecule has 2 aromatic heterocycles. The van der Waals surface area contributed by atoms with Gasteiger partial charge in [-0.15, -0.1) is 0 Å². The first-order valence-electron chi connectivity index (χ1n) is 13.2. The van der Waals surface area contributed by atoms with E-state index in [0.29, 0.717) is 11.2 Å². The monoisotopic (exact) mass is 542 g/mol. The largest absolute Gasteiger partial charge is 0.490 e. The fourth-order valence-corrected chi connectivity index (χ4v) is 6.38. The van der Waals surface area contributed by atoms with Gasteiger partial charge in [-0.05, 0) is 124 Å². The van der Waals surface area contributed by atoms with E-state index in [0.717, 1.165) is 52.1 Å². The molecule has 0 bridgehead atoms. The number of nitrogens with zero attached hydrogens (tertiary/aromatic N) is 3. The lowest BCUT2D eigenvalue weighted by molar-refractivity contribution is 0.210. The second-order valence-corrected chi connectivity index (χ2v) is 11.0. The highest BCUT2D eigenvalue weighted by Gasteiger charge is 2.42. The van der Waals surface area contributed by atoms with Crippen LogP contribution >= 0.6 is 23.8 Å². The Morgan fingerprint density at radius 3 is 2.34 bits per heavy atom. The standard InChI is InChI=1S/C31H31ClN4OS/c1-20-19-27(21(2)35(20)23-12-10-22(32)11-13-23)30-29(28-9-5-6-18-33-28)34-31(38)36(30)24-14-16-26(17-15-24)37-25-7-3-4-8-25/h5-6,9-19,25,29-30H,3-4,7-8H2,1-2H3,(H,34,38)/t29-,30+/m1/s1. The summed E-state index contributed by atoms with van der Waals surface area (Å²) in [5.74, 6) is 0.914.